The van der Waals surface area contributed by atoms with E-state index in [0.717, 1.165) is 73.8 Å². The number of fused-ring (bicyclic) bond motifs is 2. The first-order valence-electron chi connectivity index (χ1n) is 24.3. The Bertz CT molecular complexity index is 1770. The lowest BCUT2D eigenvalue weighted by atomic mass is 9.55. The zero-order valence-corrected chi connectivity index (χ0v) is 38.6. The number of allylic oxidation sites excluding steroid dienone is 1. The van der Waals surface area contributed by atoms with E-state index in [-0.39, 0.29) is 43.5 Å². The molecular formula is C52H77N3O8. The quantitative estimate of drug-likeness (QED) is 0.0417. The Morgan fingerprint density at radius 3 is 2.30 bits per heavy atom. The SMILES string of the molecule is C=CCO[C@@]12Oc3ccc(OC(=O)NCc4ccccc4)cc3[C@H]3[C@H](CCCCO)[C@@H](CCCCO)C=C(C(=NOCC)C[C@@H]1N(CCC)C(=O)CCCCCCCCCCC)[C@H]32. The van der Waals surface area contributed by atoms with E-state index in [2.05, 4.69) is 31.8 Å². The number of amides is 2. The average Bonchev–Trinajstić information content (AvgIpc) is 3.29. The van der Waals surface area contributed by atoms with Crippen LogP contribution in [0.25, 0.3) is 0 Å². The van der Waals surface area contributed by atoms with Crippen molar-refractivity contribution < 1.29 is 38.9 Å². The average molecular weight is 872 g/mol. The summed E-state index contributed by atoms with van der Waals surface area (Å²) in [6.07, 6.45) is 20.3. The first kappa shape index (κ1) is 49.8. The predicted molar refractivity (Wildman–Crippen MR) is 250 cm³/mol. The van der Waals surface area contributed by atoms with Crippen molar-refractivity contribution in [3.05, 3.63) is 84.0 Å². The van der Waals surface area contributed by atoms with Crippen LogP contribution in [0.15, 0.2) is 78.0 Å². The highest BCUT2D eigenvalue weighted by atomic mass is 16.7. The second-order valence-corrected chi connectivity index (χ2v) is 17.6. The molecule has 1 saturated carbocycles. The van der Waals surface area contributed by atoms with Crippen molar-refractivity contribution in [2.75, 3.05) is 33.0 Å². The van der Waals surface area contributed by atoms with Crippen LogP contribution in [0, 0.1) is 17.8 Å². The predicted octanol–water partition coefficient (Wildman–Crippen LogP) is 10.8. The Morgan fingerprint density at radius 2 is 1.62 bits per heavy atom. The van der Waals surface area contributed by atoms with Crippen molar-refractivity contribution in [2.45, 2.75) is 161 Å². The number of ether oxygens (including phenoxy) is 3. The fraction of sp³-hybridized carbons (Fsp3) is 0.635. The van der Waals surface area contributed by atoms with Gasteiger partial charge in [-0.1, -0.05) is 126 Å². The minimum Gasteiger partial charge on any atom is -0.459 e. The van der Waals surface area contributed by atoms with E-state index in [1.54, 1.807) is 12.1 Å². The molecule has 1 aliphatic heterocycles. The first-order valence-corrected chi connectivity index (χ1v) is 24.3. The molecule has 3 N–H and O–H groups in total. The molecule has 0 radical (unpaired) electrons. The maximum Gasteiger partial charge on any atom is 0.412 e. The summed E-state index contributed by atoms with van der Waals surface area (Å²) < 4.78 is 20.4. The van der Waals surface area contributed by atoms with Crippen LogP contribution in [0.4, 0.5) is 4.79 Å². The summed E-state index contributed by atoms with van der Waals surface area (Å²) in [5.74, 6) is -0.685. The molecule has 3 aliphatic rings. The number of nitrogens with zero attached hydrogens (tertiary/aromatic N) is 2. The lowest BCUT2D eigenvalue weighted by Crippen LogP contribution is -2.70. The van der Waals surface area contributed by atoms with Crippen LogP contribution in [0.2, 0.25) is 0 Å². The third-order valence-corrected chi connectivity index (χ3v) is 13.1. The smallest absolute Gasteiger partial charge is 0.412 e. The molecule has 63 heavy (non-hydrogen) atoms. The number of hydrogen-bond donors (Lipinski definition) is 3. The summed E-state index contributed by atoms with van der Waals surface area (Å²) >= 11 is 0. The Morgan fingerprint density at radius 1 is 0.905 bits per heavy atom. The number of aliphatic hydroxyl groups is 2. The molecule has 0 bridgehead atoms. The van der Waals surface area contributed by atoms with Crippen molar-refractivity contribution in [1.82, 2.24) is 10.2 Å². The van der Waals surface area contributed by atoms with Crippen LogP contribution in [0.5, 0.6) is 11.5 Å². The van der Waals surface area contributed by atoms with E-state index < -0.39 is 23.8 Å². The maximum atomic E-state index is 14.7. The van der Waals surface area contributed by atoms with E-state index in [1.807, 2.05) is 54.3 Å². The molecule has 2 aromatic carbocycles. The van der Waals surface area contributed by atoms with Gasteiger partial charge in [0.25, 0.3) is 0 Å². The van der Waals surface area contributed by atoms with Gasteiger partial charge in [-0.2, -0.15) is 0 Å². The Labute approximate surface area is 377 Å². The molecule has 2 aliphatic carbocycles. The fourth-order valence-electron chi connectivity index (χ4n) is 10.2. The number of carbonyl (C=O) groups is 2. The van der Waals surface area contributed by atoms with Crippen LogP contribution in [-0.4, -0.2) is 77.6 Å². The summed E-state index contributed by atoms with van der Waals surface area (Å²) in [6.45, 7) is 12.0. The molecule has 6 atom stereocenters. The second-order valence-electron chi connectivity index (χ2n) is 17.6. The highest BCUT2D eigenvalue weighted by molar-refractivity contribution is 6.03. The Hall–Kier alpha value is -4.19. The van der Waals surface area contributed by atoms with Crippen LogP contribution in [-0.2, 0) is 20.9 Å². The zero-order valence-electron chi connectivity index (χ0n) is 38.6. The number of nitrogens with one attached hydrogen (secondary N) is 1. The van der Waals surface area contributed by atoms with Crippen molar-refractivity contribution in [3.8, 4) is 11.5 Å². The molecule has 1 heterocycles. The number of aliphatic hydroxyl groups excluding tert-OH is 2. The minimum absolute atomic E-state index is 0.0601. The molecule has 0 unspecified atom stereocenters. The van der Waals surface area contributed by atoms with Gasteiger partial charge in [0.2, 0.25) is 11.7 Å². The van der Waals surface area contributed by atoms with Crippen molar-refractivity contribution in [1.29, 1.82) is 0 Å². The third-order valence-electron chi connectivity index (χ3n) is 13.1. The Kier molecular flexibility index (Phi) is 21.0. The number of oxime groups is 1. The molecule has 11 nitrogen and oxygen atoms in total. The van der Waals surface area contributed by atoms with Crippen LogP contribution in [0.1, 0.15) is 153 Å². The van der Waals surface area contributed by atoms with Gasteiger partial charge in [0.05, 0.1) is 18.2 Å². The van der Waals surface area contributed by atoms with Gasteiger partial charge in [-0.3, -0.25) is 4.79 Å². The number of unbranched alkanes of at least 4 members (excludes halogenated alkanes) is 10. The molecule has 1 fully saturated rings. The van der Waals surface area contributed by atoms with Gasteiger partial charge in [0, 0.05) is 50.6 Å². The van der Waals surface area contributed by atoms with E-state index in [1.165, 1.54) is 38.5 Å². The maximum absolute atomic E-state index is 14.7. The summed E-state index contributed by atoms with van der Waals surface area (Å²) in [7, 11) is 0. The van der Waals surface area contributed by atoms with Crippen molar-refractivity contribution in [2.24, 2.45) is 22.9 Å². The van der Waals surface area contributed by atoms with Gasteiger partial charge in [0.1, 0.15) is 24.1 Å². The number of carbonyl (C=O) groups excluding carboxylic acids is 2. The normalized spacial score (nSPS) is 22.9. The third kappa shape index (κ3) is 13.4. The molecule has 11 heteroatoms. The summed E-state index contributed by atoms with van der Waals surface area (Å²) in [5.41, 5.74) is 3.63. The molecule has 348 valence electrons. The van der Waals surface area contributed by atoms with Crippen LogP contribution >= 0.6 is 0 Å². The van der Waals surface area contributed by atoms with E-state index in [4.69, 9.17) is 24.2 Å². The monoisotopic (exact) mass is 872 g/mol. The largest absolute Gasteiger partial charge is 0.459 e. The second kappa shape index (κ2) is 26.6. The molecule has 0 saturated heterocycles. The number of benzene rings is 2. The van der Waals surface area contributed by atoms with Crippen molar-refractivity contribution in [3.63, 3.8) is 0 Å². The Balaban J connectivity index is 1.58. The fourth-order valence-corrected chi connectivity index (χ4v) is 10.2. The standard InChI is InChI=1S/C52H77N3O8/c1-5-9-10-11-12-13-14-15-19-28-48(58)55(31-6-2)47-37-45(54-61-8-4)43-35-40(26-20-22-32-56)42(27-21-23-33-57)49-44-36-41(62-51(59)53-38-39-24-17-16-18-25-39)29-30-46(44)63-52(47,50(43)49)60-34-7-3/h7,16-18,24-25,29-30,35-36,40,42,47,49-50,56-57H,3,5-6,8-15,19-23,26-28,31-34,37-38H2,1-2,4H3,(H,53,59)/t40-,42+,47-,49+,50+,52+/m0/s1. The zero-order chi connectivity index (χ0) is 44.9. The number of hydrogen-bond acceptors (Lipinski definition) is 9. The van der Waals surface area contributed by atoms with Crippen LogP contribution in [0.3, 0.4) is 0 Å². The molecule has 2 amide bonds. The van der Waals surface area contributed by atoms with Gasteiger partial charge < -0.3 is 39.5 Å². The van der Waals surface area contributed by atoms with E-state index >= 15 is 0 Å². The lowest BCUT2D eigenvalue weighted by Gasteiger charge is -2.60. The van der Waals surface area contributed by atoms with Gasteiger partial charge >= 0.3 is 6.09 Å². The lowest BCUT2D eigenvalue weighted by molar-refractivity contribution is -0.257. The molecule has 0 spiro atoms. The van der Waals surface area contributed by atoms with Gasteiger partial charge in [-0.25, -0.2) is 4.79 Å². The molecule has 2 aromatic rings. The summed E-state index contributed by atoms with van der Waals surface area (Å²) in [6, 6.07) is 14.7. The highest BCUT2D eigenvalue weighted by Gasteiger charge is 2.65. The van der Waals surface area contributed by atoms with Gasteiger partial charge in [0.15, 0.2) is 0 Å². The van der Waals surface area contributed by atoms with Gasteiger partial charge in [-0.05, 0) is 86.6 Å². The topological polar surface area (TPSA) is 139 Å². The summed E-state index contributed by atoms with van der Waals surface area (Å²) in [4.78, 5) is 35.8. The molecule has 0 aromatic heterocycles. The van der Waals surface area contributed by atoms with E-state index in [9.17, 15) is 19.8 Å². The number of rotatable bonds is 29. The summed E-state index contributed by atoms with van der Waals surface area (Å²) in [5, 5.41) is 27.5. The first-order chi connectivity index (χ1) is 30.8. The van der Waals surface area contributed by atoms with Crippen LogP contribution < -0.4 is 14.8 Å². The molecule has 5 rings (SSSR count). The minimum atomic E-state index is -1.31. The van der Waals surface area contributed by atoms with E-state index in [0.29, 0.717) is 56.9 Å². The van der Waals surface area contributed by atoms with Crippen molar-refractivity contribution >= 4 is 17.7 Å². The van der Waals surface area contributed by atoms with Gasteiger partial charge in [-0.15, -0.1) is 6.58 Å². The molecular weight excluding hydrogens is 795 g/mol. The highest BCUT2D eigenvalue weighted by Crippen LogP contribution is 2.62.